The zero-order valence-electron chi connectivity index (χ0n) is 10.7. The van der Waals surface area contributed by atoms with Crippen LogP contribution < -0.4 is 5.32 Å². The third-order valence-electron chi connectivity index (χ3n) is 2.59. The van der Waals surface area contributed by atoms with E-state index in [-0.39, 0.29) is 6.61 Å². The summed E-state index contributed by atoms with van der Waals surface area (Å²) < 4.78 is 12.3. The lowest BCUT2D eigenvalue weighted by molar-refractivity contribution is 0.0227. The van der Waals surface area contributed by atoms with E-state index >= 15 is 0 Å². The lowest BCUT2D eigenvalue weighted by Crippen LogP contribution is -2.32. The molecule has 0 aliphatic carbocycles. The van der Waals surface area contributed by atoms with E-state index in [1.807, 2.05) is 29.1 Å². The highest BCUT2D eigenvalue weighted by molar-refractivity contribution is 4.96. The van der Waals surface area contributed by atoms with Gasteiger partial charge >= 0.3 is 0 Å². The number of nitrogens with one attached hydrogen (secondary N) is 1. The van der Waals surface area contributed by atoms with Gasteiger partial charge in [0.25, 0.3) is 0 Å². The molecule has 0 radical (unpaired) electrons. The number of rotatable bonds is 9. The summed E-state index contributed by atoms with van der Waals surface area (Å²) in [6.45, 7) is 2.72. The fourth-order valence-electron chi connectivity index (χ4n) is 1.64. The molecule has 2 N–H and O–H groups in total. The Labute approximate surface area is 112 Å². The highest BCUT2D eigenvalue weighted by Crippen LogP contribution is 2.01. The average molecular weight is 265 g/mol. The smallest absolute Gasteiger partial charge is 0.129 e. The van der Waals surface area contributed by atoms with Crippen molar-refractivity contribution in [3.05, 3.63) is 42.6 Å². The highest BCUT2D eigenvalue weighted by atomic mass is 16.5. The van der Waals surface area contributed by atoms with E-state index in [4.69, 9.17) is 9.15 Å². The Balaban J connectivity index is 1.48. The second-order valence-corrected chi connectivity index (χ2v) is 4.22. The largest absolute Gasteiger partial charge is 0.467 e. The van der Waals surface area contributed by atoms with Gasteiger partial charge in [-0.2, -0.15) is 5.10 Å². The fraction of sp³-hybridized carbons (Fsp3) is 0.462. The van der Waals surface area contributed by atoms with Crippen LogP contribution in [0.25, 0.3) is 0 Å². The van der Waals surface area contributed by atoms with E-state index in [9.17, 15) is 5.11 Å². The van der Waals surface area contributed by atoms with Crippen LogP contribution >= 0.6 is 0 Å². The van der Waals surface area contributed by atoms with Crippen LogP contribution in [0.15, 0.2) is 41.3 Å². The molecule has 0 amide bonds. The molecule has 2 aromatic heterocycles. The van der Waals surface area contributed by atoms with Gasteiger partial charge in [0, 0.05) is 25.5 Å². The molecule has 0 saturated carbocycles. The summed E-state index contributed by atoms with van der Waals surface area (Å²) in [5.41, 5.74) is 0. The first-order chi connectivity index (χ1) is 9.34. The number of aliphatic hydroxyl groups is 1. The molecule has 0 aliphatic heterocycles. The van der Waals surface area contributed by atoms with Gasteiger partial charge in [0.2, 0.25) is 0 Å². The summed E-state index contributed by atoms with van der Waals surface area (Å²) in [7, 11) is 0. The number of ether oxygens (including phenoxy) is 1. The molecule has 2 aromatic rings. The van der Waals surface area contributed by atoms with Crippen molar-refractivity contribution in [3.63, 3.8) is 0 Å². The minimum atomic E-state index is -0.521. The van der Waals surface area contributed by atoms with E-state index in [2.05, 4.69) is 10.4 Å². The summed E-state index contributed by atoms with van der Waals surface area (Å²) in [5.74, 6) is 0.763. The first-order valence-corrected chi connectivity index (χ1v) is 6.31. The summed E-state index contributed by atoms with van der Waals surface area (Å²) in [6.07, 6.45) is 4.74. The van der Waals surface area contributed by atoms with Crippen LogP contribution in [-0.2, 0) is 17.9 Å². The van der Waals surface area contributed by atoms with Gasteiger partial charge in [-0.1, -0.05) is 0 Å². The number of furan rings is 1. The van der Waals surface area contributed by atoms with E-state index in [0.29, 0.717) is 13.2 Å². The van der Waals surface area contributed by atoms with Crippen LogP contribution in [0.5, 0.6) is 0 Å². The van der Waals surface area contributed by atoms with Gasteiger partial charge in [-0.15, -0.1) is 0 Å². The average Bonchev–Trinajstić information content (AvgIpc) is 3.07. The SMILES string of the molecule is OC(CNCCn1cccn1)COCc1ccco1. The minimum Gasteiger partial charge on any atom is -0.467 e. The first kappa shape index (κ1) is 13.8. The predicted octanol–water partition coefficient (Wildman–Crippen LogP) is 0.643. The van der Waals surface area contributed by atoms with Crippen molar-refractivity contribution in [1.29, 1.82) is 0 Å². The van der Waals surface area contributed by atoms with Gasteiger partial charge in [-0.05, 0) is 18.2 Å². The molecular formula is C13H19N3O3. The number of nitrogens with zero attached hydrogens (tertiary/aromatic N) is 2. The molecule has 0 aromatic carbocycles. The quantitative estimate of drug-likeness (QED) is 0.651. The molecule has 0 saturated heterocycles. The van der Waals surface area contributed by atoms with Crippen molar-refractivity contribution in [2.75, 3.05) is 19.7 Å². The lowest BCUT2D eigenvalue weighted by Gasteiger charge is -2.11. The van der Waals surface area contributed by atoms with Crippen LogP contribution in [-0.4, -0.2) is 40.7 Å². The molecule has 0 spiro atoms. The molecular weight excluding hydrogens is 246 g/mol. The Bertz CT molecular complexity index is 428. The molecule has 0 bridgehead atoms. The Morgan fingerprint density at radius 1 is 1.47 bits per heavy atom. The van der Waals surface area contributed by atoms with E-state index in [1.165, 1.54) is 0 Å². The van der Waals surface area contributed by atoms with Gasteiger partial charge in [0.1, 0.15) is 12.4 Å². The summed E-state index contributed by atoms with van der Waals surface area (Å²) >= 11 is 0. The van der Waals surface area contributed by atoms with E-state index in [0.717, 1.165) is 18.8 Å². The number of aliphatic hydroxyl groups excluding tert-OH is 1. The first-order valence-electron chi connectivity index (χ1n) is 6.31. The zero-order chi connectivity index (χ0) is 13.3. The lowest BCUT2D eigenvalue weighted by atomic mass is 10.3. The van der Waals surface area contributed by atoms with Gasteiger partial charge < -0.3 is 19.6 Å². The van der Waals surface area contributed by atoms with Crippen LogP contribution in [0.4, 0.5) is 0 Å². The second kappa shape index (κ2) is 7.73. The van der Waals surface area contributed by atoms with Crippen LogP contribution in [0.3, 0.4) is 0 Å². The molecule has 104 valence electrons. The third-order valence-corrected chi connectivity index (χ3v) is 2.59. The Morgan fingerprint density at radius 2 is 2.42 bits per heavy atom. The third kappa shape index (κ3) is 5.25. The number of hydrogen-bond donors (Lipinski definition) is 2. The van der Waals surface area contributed by atoms with E-state index < -0.39 is 6.10 Å². The predicted molar refractivity (Wildman–Crippen MR) is 69.5 cm³/mol. The molecule has 0 aliphatic rings. The van der Waals surface area contributed by atoms with Crippen molar-refractivity contribution in [2.24, 2.45) is 0 Å². The van der Waals surface area contributed by atoms with Crippen molar-refractivity contribution < 1.29 is 14.3 Å². The van der Waals surface area contributed by atoms with E-state index in [1.54, 1.807) is 12.5 Å². The summed E-state index contributed by atoms with van der Waals surface area (Å²) in [5, 5.41) is 16.9. The molecule has 6 nitrogen and oxygen atoms in total. The van der Waals surface area contributed by atoms with Crippen molar-refractivity contribution >= 4 is 0 Å². The van der Waals surface area contributed by atoms with Gasteiger partial charge in [-0.25, -0.2) is 0 Å². The maximum Gasteiger partial charge on any atom is 0.129 e. The van der Waals surface area contributed by atoms with Gasteiger partial charge in [0.05, 0.1) is 25.5 Å². The minimum absolute atomic E-state index is 0.287. The molecule has 6 heteroatoms. The zero-order valence-corrected chi connectivity index (χ0v) is 10.7. The normalized spacial score (nSPS) is 12.7. The summed E-state index contributed by atoms with van der Waals surface area (Å²) in [6, 6.07) is 5.54. The molecule has 19 heavy (non-hydrogen) atoms. The monoisotopic (exact) mass is 265 g/mol. The maximum atomic E-state index is 9.69. The Kier molecular flexibility index (Phi) is 5.61. The van der Waals surface area contributed by atoms with Crippen molar-refractivity contribution in [1.82, 2.24) is 15.1 Å². The maximum absolute atomic E-state index is 9.69. The molecule has 0 fully saturated rings. The fourth-order valence-corrected chi connectivity index (χ4v) is 1.64. The highest BCUT2D eigenvalue weighted by Gasteiger charge is 2.04. The molecule has 2 heterocycles. The number of hydrogen-bond acceptors (Lipinski definition) is 5. The molecule has 2 rings (SSSR count). The molecule has 1 unspecified atom stereocenters. The Morgan fingerprint density at radius 3 is 3.16 bits per heavy atom. The van der Waals surface area contributed by atoms with Crippen LogP contribution in [0.1, 0.15) is 5.76 Å². The van der Waals surface area contributed by atoms with Crippen molar-refractivity contribution in [2.45, 2.75) is 19.3 Å². The van der Waals surface area contributed by atoms with Crippen molar-refractivity contribution in [3.8, 4) is 0 Å². The second-order valence-electron chi connectivity index (χ2n) is 4.22. The van der Waals surface area contributed by atoms with Gasteiger partial charge in [-0.3, -0.25) is 4.68 Å². The topological polar surface area (TPSA) is 72.5 Å². The molecule has 1 atom stereocenters. The van der Waals surface area contributed by atoms with Gasteiger partial charge in [0.15, 0.2) is 0 Å². The van der Waals surface area contributed by atoms with Crippen LogP contribution in [0.2, 0.25) is 0 Å². The standard InChI is InChI=1S/C13H19N3O3/c17-12(10-18-11-13-3-1-8-19-13)9-14-5-7-16-6-2-4-15-16/h1-4,6,8,12,14,17H,5,7,9-11H2. The number of aromatic nitrogens is 2. The summed E-state index contributed by atoms with van der Waals surface area (Å²) in [4.78, 5) is 0. The Hall–Kier alpha value is -1.63. The van der Waals surface area contributed by atoms with Crippen LogP contribution in [0, 0.1) is 0 Å².